The molecule has 0 spiro atoms. The summed E-state index contributed by atoms with van der Waals surface area (Å²) in [6, 6.07) is 46.0. The number of nitrogen functional groups attached to an aromatic ring is 1. The van der Waals surface area contributed by atoms with E-state index < -0.39 is 40.9 Å². The molecular weight excluding hydrogens is 930 g/mol. The van der Waals surface area contributed by atoms with Gasteiger partial charge in [-0.1, -0.05) is 192 Å². The number of ether oxygens (including phenoxy) is 1. The lowest BCUT2D eigenvalue weighted by Gasteiger charge is -2.49. The average molecular weight is 963 g/mol. The zero-order chi connectivity index (χ0) is 44.2. The molecule has 2 atom stereocenters. The van der Waals surface area contributed by atoms with Gasteiger partial charge in [0.25, 0.3) is 11.8 Å². The van der Waals surface area contributed by atoms with Crippen molar-refractivity contribution in [2.24, 2.45) is 5.16 Å². The van der Waals surface area contributed by atoms with Gasteiger partial charge in [0.1, 0.15) is 27.1 Å². The van der Waals surface area contributed by atoms with Crippen molar-refractivity contribution < 1.29 is 24.0 Å². The number of oxime groups is 1. The van der Waals surface area contributed by atoms with E-state index in [1.165, 1.54) is 28.4 Å². The summed E-state index contributed by atoms with van der Waals surface area (Å²) >= 11 is 17.3. The second kappa shape index (κ2) is 19.0. The Labute approximate surface area is 393 Å². The number of β-lactam (4-membered cyclic amide) rings is 1. The number of aromatic nitrogens is 3. The molecule has 2 aromatic heterocycles. The Morgan fingerprint density at radius 2 is 1.34 bits per heavy atom. The van der Waals surface area contributed by atoms with Crippen LogP contribution < -0.4 is 11.1 Å². The molecule has 0 radical (unpaired) electrons. The maximum absolute atomic E-state index is 14.7. The van der Waals surface area contributed by atoms with Crippen molar-refractivity contribution in [2.45, 2.75) is 27.5 Å². The highest BCUT2D eigenvalue weighted by molar-refractivity contribution is 8.07. The zero-order valence-electron chi connectivity index (χ0n) is 33.1. The second-order valence-corrected chi connectivity index (χ2v) is 19.3. The summed E-state index contributed by atoms with van der Waals surface area (Å²) in [7, 11) is 0. The van der Waals surface area contributed by atoms with Crippen LogP contribution in [-0.2, 0) is 29.6 Å². The molecule has 18 heteroatoms. The number of rotatable bonds is 14. The summed E-state index contributed by atoms with van der Waals surface area (Å²) in [4.78, 5) is 60.9. The predicted octanol–water partition coefficient (Wildman–Crippen LogP) is 9.33. The van der Waals surface area contributed by atoms with Gasteiger partial charge >= 0.3 is 5.97 Å². The number of hydrogen-bond donors (Lipinski definition) is 2. The van der Waals surface area contributed by atoms with E-state index in [2.05, 4.69) is 24.8 Å². The van der Waals surface area contributed by atoms with Crippen molar-refractivity contribution in [1.29, 1.82) is 0 Å². The Hall–Kier alpha value is -6.01. The number of carbonyl (C=O) groups is 3. The molecule has 0 saturated carbocycles. The van der Waals surface area contributed by atoms with Gasteiger partial charge in [-0.3, -0.25) is 14.5 Å². The first-order valence-corrected chi connectivity index (χ1v) is 23.7. The minimum atomic E-state index is -1.37. The molecule has 1 saturated heterocycles. The third kappa shape index (κ3) is 8.64. The molecule has 3 N–H and O–H groups in total. The van der Waals surface area contributed by atoms with Gasteiger partial charge in [0.05, 0.1) is 0 Å². The van der Waals surface area contributed by atoms with E-state index in [1.807, 2.05) is 152 Å². The van der Waals surface area contributed by atoms with E-state index in [1.54, 1.807) is 0 Å². The number of nitrogens with two attached hydrogens (primary N) is 1. The average Bonchev–Trinajstić information content (AvgIpc) is 3.91. The monoisotopic (exact) mass is 961 g/mol. The Morgan fingerprint density at radius 3 is 1.83 bits per heavy atom. The minimum absolute atomic E-state index is 0.0262. The van der Waals surface area contributed by atoms with Crippen LogP contribution in [0.5, 0.6) is 0 Å². The van der Waals surface area contributed by atoms with Crippen LogP contribution in [0.3, 0.4) is 0 Å². The minimum Gasteiger partial charge on any atom is -0.448 e. The largest absolute Gasteiger partial charge is 0.448 e. The first kappa shape index (κ1) is 43.3. The van der Waals surface area contributed by atoms with Gasteiger partial charge in [0.2, 0.25) is 10.9 Å². The highest BCUT2D eigenvalue weighted by Gasteiger charge is 2.55. The molecule has 7 aromatic rings. The predicted molar refractivity (Wildman–Crippen MR) is 252 cm³/mol. The number of thioether (sulfide) groups is 2. The number of halogens is 2. The van der Waals surface area contributed by atoms with Crippen LogP contribution in [0.1, 0.15) is 39.6 Å². The molecule has 1 fully saturated rings. The van der Waals surface area contributed by atoms with Gasteiger partial charge in [-0.15, -0.1) is 11.8 Å². The van der Waals surface area contributed by atoms with Crippen LogP contribution in [0.4, 0.5) is 5.13 Å². The number of benzene rings is 5. The maximum atomic E-state index is 14.7. The lowest BCUT2D eigenvalue weighted by molar-refractivity contribution is -0.154. The summed E-state index contributed by atoms with van der Waals surface area (Å²) < 4.78 is 10.9. The number of fused-ring (bicyclic) bond motifs is 1. The van der Waals surface area contributed by atoms with Crippen LogP contribution in [0.2, 0.25) is 9.62 Å². The summed E-state index contributed by atoms with van der Waals surface area (Å²) in [6.45, 7) is 0. The number of nitrogens with zero attached hydrogens (tertiary/aromatic N) is 5. The number of hydrogen-bond acceptors (Lipinski definition) is 14. The van der Waals surface area contributed by atoms with Crippen molar-refractivity contribution in [3.05, 3.63) is 205 Å². The van der Waals surface area contributed by atoms with Crippen molar-refractivity contribution in [2.75, 3.05) is 11.5 Å². The number of anilines is 1. The molecule has 2 amide bonds. The Bertz CT molecular complexity index is 2740. The molecule has 64 heavy (non-hydrogen) atoms. The first-order chi connectivity index (χ1) is 31.2. The number of nitrogens with one attached hydrogen (secondary N) is 1. The van der Waals surface area contributed by atoms with E-state index in [0.717, 1.165) is 50.7 Å². The Kier molecular flexibility index (Phi) is 12.8. The van der Waals surface area contributed by atoms with E-state index in [4.69, 9.17) is 38.5 Å². The highest BCUT2D eigenvalue weighted by atomic mass is 35.5. The topological polar surface area (TPSA) is 162 Å². The smallest absolute Gasteiger partial charge is 0.356 e. The number of carbonyl (C=O) groups excluding carboxylic acids is 3. The van der Waals surface area contributed by atoms with Crippen molar-refractivity contribution >= 4 is 98.2 Å². The van der Waals surface area contributed by atoms with Crippen molar-refractivity contribution in [3.63, 3.8) is 0 Å². The third-order valence-electron chi connectivity index (χ3n) is 10.3. The summed E-state index contributed by atoms with van der Waals surface area (Å²) in [6.07, 6.45) is -0.798. The van der Waals surface area contributed by atoms with Crippen LogP contribution >= 0.6 is 69.6 Å². The molecule has 2 aliphatic heterocycles. The quantitative estimate of drug-likeness (QED) is 0.0351. The Balaban J connectivity index is 1.06. The number of amides is 2. The van der Waals surface area contributed by atoms with Crippen molar-refractivity contribution in [3.8, 4) is 0 Å². The molecule has 9 rings (SSSR count). The fourth-order valence-corrected chi connectivity index (χ4v) is 11.8. The summed E-state index contributed by atoms with van der Waals surface area (Å²) in [5.41, 5.74) is 8.06. The molecule has 2 aliphatic rings. The van der Waals surface area contributed by atoms with Gasteiger partial charge in [0, 0.05) is 27.3 Å². The molecule has 12 nitrogen and oxygen atoms in total. The van der Waals surface area contributed by atoms with Crippen LogP contribution in [0.15, 0.2) is 172 Å². The lowest BCUT2D eigenvalue weighted by Crippen LogP contribution is -2.71. The fourth-order valence-electron chi connectivity index (χ4n) is 7.40. The van der Waals surface area contributed by atoms with Gasteiger partial charge in [0.15, 0.2) is 21.3 Å². The van der Waals surface area contributed by atoms with E-state index in [9.17, 15) is 14.4 Å². The molecule has 320 valence electrons. The van der Waals surface area contributed by atoms with Crippen molar-refractivity contribution in [1.82, 2.24) is 24.6 Å². The first-order valence-electron chi connectivity index (χ1n) is 19.5. The van der Waals surface area contributed by atoms with E-state index >= 15 is 0 Å². The fraction of sp³-hybridized carbons (Fsp3) is 0.109. The normalized spacial score (nSPS) is 16.3. The van der Waals surface area contributed by atoms with Gasteiger partial charge in [-0.05, 0) is 34.3 Å². The van der Waals surface area contributed by atoms with E-state index in [0.29, 0.717) is 9.24 Å². The van der Waals surface area contributed by atoms with Crippen LogP contribution in [-0.4, -0.2) is 59.9 Å². The zero-order valence-corrected chi connectivity index (χ0v) is 37.9. The summed E-state index contributed by atoms with van der Waals surface area (Å²) in [5, 5.41) is 6.87. The standard InChI is InChI=1S/C46H33Cl2N7O5S4/c47-38-33(51-44(49)63-38)34(53-60-46(29-20-10-3-11-21-29,30-22-12-4-13-23-30)31-24-14-5-15-25-31)39(56)50-35-40(57)55-36(32(26-61-41(35)55)62-45-52-43(48)54-64-45)42(58)59-37(27-16-6-1-7-17-27)28-18-8-2-9-19-28/h1-25,35,37,41H,26H2,(H2,49,51)(H,50,56)/b53-34-/t35-,41?/m1/s1. The van der Waals surface area contributed by atoms with Crippen LogP contribution in [0.25, 0.3) is 0 Å². The van der Waals surface area contributed by atoms with Gasteiger partial charge in [-0.25, -0.2) is 9.78 Å². The molecule has 1 unspecified atom stereocenters. The summed E-state index contributed by atoms with van der Waals surface area (Å²) in [5.74, 6) is -1.84. The molecular formula is C46H33Cl2N7O5S4. The van der Waals surface area contributed by atoms with Gasteiger partial charge < -0.3 is 20.6 Å². The van der Waals surface area contributed by atoms with E-state index in [-0.39, 0.29) is 37.6 Å². The second-order valence-electron chi connectivity index (χ2n) is 14.2. The maximum Gasteiger partial charge on any atom is 0.356 e. The molecule has 0 aliphatic carbocycles. The SMILES string of the molecule is Nc1nc(/C(=N/OC(c2ccccc2)(c2ccccc2)c2ccccc2)C(=O)N[C@@H]2C(=O)N3C(C(=O)OC(c4ccccc4)c4ccccc4)=C(Sc4nc(Cl)ns4)CSC23)c(Cl)s1. The molecule has 5 aromatic carbocycles. The van der Waals surface area contributed by atoms with Gasteiger partial charge in [-0.2, -0.15) is 9.36 Å². The third-order valence-corrected chi connectivity index (χ3v) is 14.9. The number of esters is 1. The lowest BCUT2D eigenvalue weighted by atomic mass is 9.80. The molecule has 4 heterocycles. The number of thiazole rings is 1. The van der Waals surface area contributed by atoms with Crippen LogP contribution in [0, 0.1) is 0 Å². The highest BCUT2D eigenvalue weighted by Crippen LogP contribution is 2.47. The molecule has 0 bridgehead atoms. The Morgan fingerprint density at radius 1 is 0.812 bits per heavy atom.